The second-order valence-corrected chi connectivity index (χ2v) is 10.3. The predicted octanol–water partition coefficient (Wildman–Crippen LogP) is 7.82. The Labute approximate surface area is 228 Å². The summed E-state index contributed by atoms with van der Waals surface area (Å²) < 4.78 is 12.6. The van der Waals surface area contributed by atoms with Crippen LogP contribution in [0.15, 0.2) is 94.3 Å². The van der Waals surface area contributed by atoms with Crippen molar-refractivity contribution in [1.82, 2.24) is 4.90 Å². The third-order valence-corrected chi connectivity index (χ3v) is 7.56. The average molecular weight is 574 g/mol. The van der Waals surface area contributed by atoms with E-state index in [9.17, 15) is 9.59 Å². The summed E-state index contributed by atoms with van der Waals surface area (Å²) in [5, 5.41) is 1.82. The number of rotatable bonds is 8. The van der Waals surface area contributed by atoms with Crippen LogP contribution in [0, 0.1) is 0 Å². The molecule has 1 saturated heterocycles. The van der Waals surface area contributed by atoms with Crippen molar-refractivity contribution < 1.29 is 19.1 Å². The fourth-order valence-electron chi connectivity index (χ4n) is 4.16. The van der Waals surface area contributed by atoms with E-state index in [1.54, 1.807) is 6.08 Å². The van der Waals surface area contributed by atoms with Crippen molar-refractivity contribution in [2.45, 2.75) is 20.1 Å². The molecule has 1 aliphatic heterocycles. The van der Waals surface area contributed by atoms with Crippen LogP contribution in [-0.4, -0.2) is 22.7 Å². The highest BCUT2D eigenvalue weighted by Gasteiger charge is 2.35. The van der Waals surface area contributed by atoms with E-state index in [0.717, 1.165) is 43.7 Å². The van der Waals surface area contributed by atoms with E-state index in [4.69, 9.17) is 9.47 Å². The van der Waals surface area contributed by atoms with Gasteiger partial charge in [0, 0.05) is 4.47 Å². The number of benzene rings is 4. The number of fused-ring (bicyclic) bond motifs is 1. The molecule has 0 unspecified atom stereocenters. The lowest BCUT2D eigenvalue weighted by molar-refractivity contribution is -0.123. The first kappa shape index (κ1) is 25.1. The van der Waals surface area contributed by atoms with Crippen LogP contribution in [0.4, 0.5) is 4.79 Å². The van der Waals surface area contributed by atoms with Gasteiger partial charge in [-0.1, -0.05) is 88.7 Å². The molecule has 5 nitrogen and oxygen atoms in total. The van der Waals surface area contributed by atoms with E-state index in [-0.39, 0.29) is 17.7 Å². The summed E-state index contributed by atoms with van der Waals surface area (Å²) >= 11 is 4.54. The maximum Gasteiger partial charge on any atom is 0.293 e. The van der Waals surface area contributed by atoms with E-state index >= 15 is 0 Å². The Morgan fingerprint density at radius 3 is 2.43 bits per heavy atom. The molecule has 5 rings (SSSR count). The summed E-state index contributed by atoms with van der Waals surface area (Å²) in [6, 6.07) is 27.4. The van der Waals surface area contributed by atoms with Crippen LogP contribution in [0.5, 0.6) is 11.5 Å². The van der Waals surface area contributed by atoms with E-state index < -0.39 is 0 Å². The summed E-state index contributed by atoms with van der Waals surface area (Å²) in [5.74, 6) is 0.860. The lowest BCUT2D eigenvalue weighted by Gasteiger charge is -2.15. The van der Waals surface area contributed by atoms with Crippen molar-refractivity contribution in [1.29, 1.82) is 0 Å². The van der Waals surface area contributed by atoms with Gasteiger partial charge in [-0.15, -0.1) is 0 Å². The van der Waals surface area contributed by atoms with Gasteiger partial charge in [-0.2, -0.15) is 0 Å². The summed E-state index contributed by atoms with van der Waals surface area (Å²) in [7, 11) is 0. The maximum absolute atomic E-state index is 13.3. The van der Waals surface area contributed by atoms with Gasteiger partial charge in [-0.05, 0) is 64.4 Å². The fraction of sp³-hybridized carbons (Fsp3) is 0.133. The van der Waals surface area contributed by atoms with Crippen LogP contribution in [0.25, 0.3) is 16.8 Å². The summed E-state index contributed by atoms with van der Waals surface area (Å²) in [6.45, 7) is 2.99. The molecule has 4 aromatic rings. The standard InChI is InChI=1S/C30H24BrNO4S/c1-2-35-26-15-23(25(31)17-27(26)36-19-20-9-4-3-5-10-20)16-28-29(33)32(30(34)37-28)18-22-13-8-12-21-11-6-7-14-24(21)22/h3-17H,2,18-19H2,1H3/b28-16+. The molecule has 0 saturated carbocycles. The first-order valence-corrected chi connectivity index (χ1v) is 13.5. The minimum absolute atomic E-state index is 0.223. The number of amides is 2. The quantitative estimate of drug-likeness (QED) is 0.201. The molecule has 0 spiro atoms. The molecule has 7 heteroatoms. The number of hydrogen-bond donors (Lipinski definition) is 0. The molecule has 4 aromatic carbocycles. The van der Waals surface area contributed by atoms with Gasteiger partial charge in [-0.3, -0.25) is 14.5 Å². The SMILES string of the molecule is CCOc1cc(/C=C2/SC(=O)N(Cc3cccc4ccccc34)C2=O)c(Br)cc1OCc1ccccc1. The summed E-state index contributed by atoms with van der Waals surface area (Å²) in [6.07, 6.45) is 1.72. The minimum Gasteiger partial charge on any atom is -0.490 e. The second-order valence-electron chi connectivity index (χ2n) is 8.43. The lowest BCUT2D eigenvalue weighted by atomic mass is 10.0. The number of carbonyl (C=O) groups is 2. The van der Waals surface area contributed by atoms with Crippen LogP contribution in [0.2, 0.25) is 0 Å². The highest BCUT2D eigenvalue weighted by atomic mass is 79.9. The van der Waals surface area contributed by atoms with Gasteiger partial charge in [0.2, 0.25) is 0 Å². The van der Waals surface area contributed by atoms with Crippen LogP contribution in [-0.2, 0) is 17.9 Å². The molecule has 1 fully saturated rings. The molecule has 0 radical (unpaired) electrons. The molecule has 0 aliphatic carbocycles. The number of imide groups is 1. The summed E-state index contributed by atoms with van der Waals surface area (Å²) in [5.41, 5.74) is 2.71. The zero-order chi connectivity index (χ0) is 25.8. The number of ether oxygens (including phenoxy) is 2. The monoisotopic (exact) mass is 573 g/mol. The van der Waals surface area contributed by atoms with Crippen molar-refractivity contribution in [3.8, 4) is 11.5 Å². The van der Waals surface area contributed by atoms with Crippen LogP contribution < -0.4 is 9.47 Å². The zero-order valence-electron chi connectivity index (χ0n) is 20.1. The smallest absolute Gasteiger partial charge is 0.293 e. The predicted molar refractivity (Wildman–Crippen MR) is 152 cm³/mol. The van der Waals surface area contributed by atoms with Crippen molar-refractivity contribution in [2.75, 3.05) is 6.61 Å². The Balaban J connectivity index is 1.39. The number of carbonyl (C=O) groups excluding carboxylic acids is 2. The third-order valence-electron chi connectivity index (χ3n) is 5.97. The molecule has 0 atom stereocenters. The molecular formula is C30H24BrNO4S. The molecular weight excluding hydrogens is 550 g/mol. The van der Waals surface area contributed by atoms with Gasteiger partial charge in [0.25, 0.3) is 11.1 Å². The molecule has 186 valence electrons. The van der Waals surface area contributed by atoms with Crippen LogP contribution >= 0.6 is 27.7 Å². The van der Waals surface area contributed by atoms with Crippen LogP contribution in [0.1, 0.15) is 23.6 Å². The van der Waals surface area contributed by atoms with E-state index in [1.807, 2.05) is 91.9 Å². The number of halogens is 1. The Morgan fingerprint density at radius 2 is 1.62 bits per heavy atom. The van der Waals surface area contributed by atoms with Crippen molar-refractivity contribution in [2.24, 2.45) is 0 Å². The van der Waals surface area contributed by atoms with Gasteiger partial charge in [-0.25, -0.2) is 0 Å². The molecule has 0 aromatic heterocycles. The second kappa shape index (κ2) is 11.2. The number of nitrogens with zero attached hydrogens (tertiary/aromatic N) is 1. The van der Waals surface area contributed by atoms with Gasteiger partial charge in [0.05, 0.1) is 18.1 Å². The van der Waals surface area contributed by atoms with E-state index in [0.29, 0.717) is 29.6 Å². The highest BCUT2D eigenvalue weighted by Crippen LogP contribution is 2.39. The first-order valence-electron chi connectivity index (χ1n) is 11.9. The maximum atomic E-state index is 13.3. The lowest BCUT2D eigenvalue weighted by Crippen LogP contribution is -2.27. The molecule has 1 heterocycles. The Morgan fingerprint density at radius 1 is 0.892 bits per heavy atom. The number of thioether (sulfide) groups is 1. The summed E-state index contributed by atoms with van der Waals surface area (Å²) in [4.78, 5) is 27.7. The molecule has 1 aliphatic rings. The highest BCUT2D eigenvalue weighted by molar-refractivity contribution is 9.10. The Hall–Kier alpha value is -3.55. The van der Waals surface area contributed by atoms with Crippen molar-refractivity contribution in [3.63, 3.8) is 0 Å². The van der Waals surface area contributed by atoms with Crippen molar-refractivity contribution >= 4 is 55.7 Å². The average Bonchev–Trinajstić information content (AvgIpc) is 3.17. The van der Waals surface area contributed by atoms with Gasteiger partial charge in [0.1, 0.15) is 6.61 Å². The molecule has 0 N–H and O–H groups in total. The van der Waals surface area contributed by atoms with Gasteiger partial charge < -0.3 is 9.47 Å². The molecule has 2 amide bonds. The number of hydrogen-bond acceptors (Lipinski definition) is 5. The van der Waals surface area contributed by atoms with Gasteiger partial charge >= 0.3 is 0 Å². The largest absolute Gasteiger partial charge is 0.490 e. The molecule has 0 bridgehead atoms. The van der Waals surface area contributed by atoms with E-state index in [1.165, 1.54) is 4.90 Å². The Bertz CT molecular complexity index is 1500. The first-order chi connectivity index (χ1) is 18.0. The van der Waals surface area contributed by atoms with Gasteiger partial charge in [0.15, 0.2) is 11.5 Å². The minimum atomic E-state index is -0.308. The van der Waals surface area contributed by atoms with Crippen molar-refractivity contribution in [3.05, 3.63) is 111 Å². The van der Waals surface area contributed by atoms with E-state index in [2.05, 4.69) is 15.9 Å². The third kappa shape index (κ3) is 5.58. The fourth-order valence-corrected chi connectivity index (χ4v) is 5.42. The Kier molecular flexibility index (Phi) is 7.63. The molecule has 37 heavy (non-hydrogen) atoms. The zero-order valence-corrected chi connectivity index (χ0v) is 22.6. The normalized spacial score (nSPS) is 14.5. The topological polar surface area (TPSA) is 55.8 Å². The van der Waals surface area contributed by atoms with Crippen LogP contribution in [0.3, 0.4) is 0 Å².